The van der Waals surface area contributed by atoms with E-state index in [0.29, 0.717) is 12.0 Å². The molecule has 0 saturated heterocycles. The van der Waals surface area contributed by atoms with Gasteiger partial charge in [-0.3, -0.25) is 14.6 Å². The molecule has 0 bridgehead atoms. The second-order valence-corrected chi connectivity index (χ2v) is 4.61. The van der Waals surface area contributed by atoms with E-state index < -0.39 is 11.9 Å². The zero-order chi connectivity index (χ0) is 15.7. The Balaban J connectivity index is 2.53. The minimum absolute atomic E-state index is 0.0206. The Bertz CT molecular complexity index is 486. The average molecular weight is 293 g/mol. The third-order valence-corrected chi connectivity index (χ3v) is 2.78. The maximum absolute atomic E-state index is 11.8. The van der Waals surface area contributed by atoms with Crippen molar-refractivity contribution in [1.82, 2.24) is 4.98 Å². The van der Waals surface area contributed by atoms with Crippen LogP contribution in [0.15, 0.2) is 24.5 Å². The summed E-state index contributed by atoms with van der Waals surface area (Å²) in [4.78, 5) is 37.9. The fourth-order valence-corrected chi connectivity index (χ4v) is 1.63. The van der Waals surface area contributed by atoms with E-state index >= 15 is 0 Å². The third kappa shape index (κ3) is 6.65. The van der Waals surface area contributed by atoms with Crippen LogP contribution in [0.5, 0.6) is 0 Å². The first-order valence-corrected chi connectivity index (χ1v) is 6.75. The lowest BCUT2D eigenvalue weighted by Gasteiger charge is -2.15. The summed E-state index contributed by atoms with van der Waals surface area (Å²) in [6, 6.07) is 3.22. The number of rotatable bonds is 8. The first kappa shape index (κ1) is 16.8. The molecule has 0 saturated carbocycles. The summed E-state index contributed by atoms with van der Waals surface area (Å²) in [5.74, 6) is -1.24. The second kappa shape index (κ2) is 8.84. The van der Waals surface area contributed by atoms with Crippen LogP contribution >= 0.6 is 0 Å². The van der Waals surface area contributed by atoms with Crippen LogP contribution in [-0.4, -0.2) is 35.9 Å². The quantitative estimate of drug-likeness (QED) is 0.679. The SMILES string of the molecule is CCC(=O)CC(COC(C)=O)COC(=O)c1cccnc1. The maximum atomic E-state index is 11.8. The lowest BCUT2D eigenvalue weighted by Crippen LogP contribution is -2.23. The van der Waals surface area contributed by atoms with Gasteiger partial charge in [0.1, 0.15) is 5.78 Å². The molecular formula is C15H19NO5. The predicted octanol–water partition coefficient (Wildman–Crippen LogP) is 1.79. The highest BCUT2D eigenvalue weighted by Gasteiger charge is 2.17. The van der Waals surface area contributed by atoms with Crippen LogP contribution in [0.4, 0.5) is 0 Å². The van der Waals surface area contributed by atoms with Gasteiger partial charge in [0.15, 0.2) is 0 Å². The summed E-state index contributed by atoms with van der Waals surface area (Å²) in [6.45, 7) is 3.13. The molecule has 1 heterocycles. The molecular weight excluding hydrogens is 274 g/mol. The molecule has 0 aliphatic rings. The first-order valence-electron chi connectivity index (χ1n) is 6.75. The zero-order valence-corrected chi connectivity index (χ0v) is 12.2. The molecule has 0 spiro atoms. The third-order valence-electron chi connectivity index (χ3n) is 2.78. The van der Waals surface area contributed by atoms with Crippen LogP contribution < -0.4 is 0 Å². The Morgan fingerprint density at radius 2 is 1.95 bits per heavy atom. The van der Waals surface area contributed by atoms with Crippen molar-refractivity contribution in [2.45, 2.75) is 26.7 Å². The average Bonchev–Trinajstić information content (AvgIpc) is 2.50. The molecule has 6 heteroatoms. The van der Waals surface area contributed by atoms with Gasteiger partial charge in [0.25, 0.3) is 0 Å². The number of Topliss-reactive ketones (excluding diaryl/α,β-unsaturated/α-hetero) is 1. The highest BCUT2D eigenvalue weighted by molar-refractivity contribution is 5.88. The van der Waals surface area contributed by atoms with Gasteiger partial charge < -0.3 is 9.47 Å². The number of esters is 2. The number of aromatic nitrogens is 1. The number of carbonyl (C=O) groups is 3. The number of ether oxygens (including phenoxy) is 2. The number of carbonyl (C=O) groups excluding carboxylic acids is 3. The van der Waals surface area contributed by atoms with Crippen molar-refractivity contribution < 1.29 is 23.9 Å². The van der Waals surface area contributed by atoms with Gasteiger partial charge in [-0.1, -0.05) is 6.92 Å². The standard InChI is InChI=1S/C15H19NO5/c1-3-14(18)7-12(9-20-11(2)17)10-21-15(19)13-5-4-6-16-8-13/h4-6,8,12H,3,7,9-10H2,1-2H3. The van der Waals surface area contributed by atoms with Crippen molar-refractivity contribution in [2.75, 3.05) is 13.2 Å². The fourth-order valence-electron chi connectivity index (χ4n) is 1.63. The van der Waals surface area contributed by atoms with Crippen molar-refractivity contribution in [3.8, 4) is 0 Å². The smallest absolute Gasteiger partial charge is 0.339 e. The van der Waals surface area contributed by atoms with E-state index in [-0.39, 0.29) is 31.3 Å². The predicted molar refractivity (Wildman–Crippen MR) is 74.6 cm³/mol. The summed E-state index contributed by atoms with van der Waals surface area (Å²) in [5.41, 5.74) is 0.338. The van der Waals surface area contributed by atoms with Gasteiger partial charge in [-0.2, -0.15) is 0 Å². The van der Waals surface area contributed by atoms with E-state index in [0.717, 1.165) is 0 Å². The summed E-state index contributed by atoms with van der Waals surface area (Å²) in [5, 5.41) is 0. The summed E-state index contributed by atoms with van der Waals surface area (Å²) in [7, 11) is 0. The number of hydrogen-bond donors (Lipinski definition) is 0. The van der Waals surface area contributed by atoms with Gasteiger partial charge in [-0.25, -0.2) is 4.79 Å². The van der Waals surface area contributed by atoms with Crippen LogP contribution in [0.25, 0.3) is 0 Å². The van der Waals surface area contributed by atoms with Gasteiger partial charge >= 0.3 is 11.9 Å². The Morgan fingerprint density at radius 3 is 2.52 bits per heavy atom. The van der Waals surface area contributed by atoms with Gasteiger partial charge in [0.05, 0.1) is 18.8 Å². The number of ketones is 1. The lowest BCUT2D eigenvalue weighted by molar-refractivity contribution is -0.143. The van der Waals surface area contributed by atoms with Crippen molar-refractivity contribution in [2.24, 2.45) is 5.92 Å². The summed E-state index contributed by atoms with van der Waals surface area (Å²) in [6.07, 6.45) is 3.57. The number of pyridine rings is 1. The van der Waals surface area contributed by atoms with Crippen LogP contribution in [0, 0.1) is 5.92 Å². The van der Waals surface area contributed by atoms with Crippen LogP contribution in [-0.2, 0) is 19.1 Å². The normalized spacial score (nSPS) is 11.5. The lowest BCUT2D eigenvalue weighted by atomic mass is 10.0. The minimum atomic E-state index is -0.514. The van der Waals surface area contributed by atoms with Crippen molar-refractivity contribution in [3.63, 3.8) is 0 Å². The molecule has 1 aromatic heterocycles. The van der Waals surface area contributed by atoms with Gasteiger partial charge in [0.2, 0.25) is 0 Å². The maximum Gasteiger partial charge on any atom is 0.339 e. The minimum Gasteiger partial charge on any atom is -0.465 e. The number of hydrogen-bond acceptors (Lipinski definition) is 6. The molecule has 6 nitrogen and oxygen atoms in total. The molecule has 0 N–H and O–H groups in total. The van der Waals surface area contributed by atoms with E-state index in [2.05, 4.69) is 4.98 Å². The monoisotopic (exact) mass is 293 g/mol. The van der Waals surface area contributed by atoms with Crippen molar-refractivity contribution >= 4 is 17.7 Å². The van der Waals surface area contributed by atoms with Crippen LogP contribution in [0.1, 0.15) is 37.0 Å². The topological polar surface area (TPSA) is 82.6 Å². The van der Waals surface area contributed by atoms with E-state index in [9.17, 15) is 14.4 Å². The van der Waals surface area contributed by atoms with Crippen molar-refractivity contribution in [3.05, 3.63) is 30.1 Å². The Hall–Kier alpha value is -2.24. The molecule has 0 fully saturated rings. The Kier molecular flexibility index (Phi) is 7.08. The highest BCUT2D eigenvalue weighted by Crippen LogP contribution is 2.09. The van der Waals surface area contributed by atoms with E-state index in [1.807, 2.05) is 0 Å². The highest BCUT2D eigenvalue weighted by atomic mass is 16.5. The van der Waals surface area contributed by atoms with E-state index in [1.165, 1.54) is 13.1 Å². The molecule has 0 aliphatic carbocycles. The molecule has 114 valence electrons. The molecule has 0 aromatic carbocycles. The fraction of sp³-hybridized carbons (Fsp3) is 0.467. The van der Waals surface area contributed by atoms with Crippen LogP contribution in [0.2, 0.25) is 0 Å². The van der Waals surface area contributed by atoms with Gasteiger partial charge in [0, 0.05) is 38.1 Å². The molecule has 0 radical (unpaired) electrons. The molecule has 0 aliphatic heterocycles. The molecule has 1 aromatic rings. The molecule has 1 atom stereocenters. The molecule has 1 rings (SSSR count). The number of nitrogens with zero attached hydrogens (tertiary/aromatic N) is 1. The molecule has 0 amide bonds. The van der Waals surface area contributed by atoms with Gasteiger partial charge in [-0.15, -0.1) is 0 Å². The molecule has 21 heavy (non-hydrogen) atoms. The van der Waals surface area contributed by atoms with Crippen molar-refractivity contribution in [1.29, 1.82) is 0 Å². The zero-order valence-electron chi connectivity index (χ0n) is 12.2. The molecule has 1 unspecified atom stereocenters. The van der Waals surface area contributed by atoms with E-state index in [4.69, 9.17) is 9.47 Å². The summed E-state index contributed by atoms with van der Waals surface area (Å²) < 4.78 is 10.0. The summed E-state index contributed by atoms with van der Waals surface area (Å²) >= 11 is 0. The second-order valence-electron chi connectivity index (χ2n) is 4.61. The Morgan fingerprint density at radius 1 is 1.24 bits per heavy atom. The van der Waals surface area contributed by atoms with Gasteiger partial charge in [-0.05, 0) is 12.1 Å². The van der Waals surface area contributed by atoms with E-state index in [1.54, 1.807) is 25.3 Å². The first-order chi connectivity index (χ1) is 10.0. The van der Waals surface area contributed by atoms with Crippen LogP contribution in [0.3, 0.4) is 0 Å². The largest absolute Gasteiger partial charge is 0.465 e. The Labute approximate surface area is 123 Å².